The van der Waals surface area contributed by atoms with Gasteiger partial charge in [0.15, 0.2) is 0 Å². The van der Waals surface area contributed by atoms with E-state index in [4.69, 9.17) is 0 Å². The van der Waals surface area contributed by atoms with Gasteiger partial charge in [0.25, 0.3) is 0 Å². The zero-order valence-corrected chi connectivity index (χ0v) is 7.63. The summed E-state index contributed by atoms with van der Waals surface area (Å²) < 4.78 is 1.86. The van der Waals surface area contributed by atoms with E-state index in [2.05, 4.69) is 23.9 Å². The zero-order chi connectivity index (χ0) is 8.43. The van der Waals surface area contributed by atoms with E-state index in [0.717, 1.165) is 18.1 Å². The molecule has 0 aliphatic heterocycles. The van der Waals surface area contributed by atoms with Crippen LogP contribution in [0.2, 0.25) is 0 Å². The molecule has 11 heavy (non-hydrogen) atoms. The molecule has 0 atom stereocenters. The first-order valence-electron chi connectivity index (χ1n) is 3.96. The van der Waals surface area contributed by atoms with Crippen molar-refractivity contribution in [1.29, 1.82) is 0 Å². The lowest BCUT2D eigenvalue weighted by molar-refractivity contribution is 0.584. The molecule has 3 nitrogen and oxygen atoms in total. The van der Waals surface area contributed by atoms with Crippen LogP contribution < -0.4 is 0 Å². The van der Waals surface area contributed by atoms with Gasteiger partial charge in [-0.15, -0.1) is 0 Å². The molecule has 0 spiro atoms. The Morgan fingerprint density at radius 2 is 2.09 bits per heavy atom. The van der Waals surface area contributed by atoms with Crippen LogP contribution in [0.1, 0.15) is 25.5 Å². The van der Waals surface area contributed by atoms with Crippen molar-refractivity contribution in [3.8, 4) is 0 Å². The highest BCUT2D eigenvalue weighted by Gasteiger charge is 2.04. The van der Waals surface area contributed by atoms with Gasteiger partial charge in [-0.05, 0) is 12.8 Å². The first kappa shape index (κ1) is 8.24. The molecule has 0 radical (unpaired) electrons. The van der Waals surface area contributed by atoms with Crippen LogP contribution in [0.4, 0.5) is 0 Å². The van der Waals surface area contributed by atoms with Crippen LogP contribution in [0.3, 0.4) is 0 Å². The molecule has 0 saturated carbocycles. The van der Waals surface area contributed by atoms with Crippen LogP contribution in [0, 0.1) is 12.8 Å². The quantitative estimate of drug-likeness (QED) is 0.641. The van der Waals surface area contributed by atoms with Crippen molar-refractivity contribution in [2.75, 3.05) is 0 Å². The summed E-state index contributed by atoms with van der Waals surface area (Å²) in [5.41, 5.74) is 0. The van der Waals surface area contributed by atoms with Crippen molar-refractivity contribution in [3.05, 3.63) is 11.6 Å². The highest BCUT2D eigenvalue weighted by molar-refractivity contribution is 4.90. The monoisotopic (exact) mass is 153 g/mol. The minimum absolute atomic E-state index is 0.650. The minimum Gasteiger partial charge on any atom is -0.253 e. The normalized spacial score (nSPS) is 11.0. The Morgan fingerprint density at radius 3 is 2.45 bits per heavy atom. The predicted molar refractivity (Wildman–Crippen MR) is 44.3 cm³/mol. The van der Waals surface area contributed by atoms with Gasteiger partial charge in [0.1, 0.15) is 11.6 Å². The van der Waals surface area contributed by atoms with Crippen LogP contribution in [-0.2, 0) is 13.5 Å². The maximum Gasteiger partial charge on any atom is 0.147 e. The Hall–Kier alpha value is -0.860. The second-order valence-electron chi connectivity index (χ2n) is 3.30. The average molecular weight is 153 g/mol. The molecule has 0 aliphatic carbocycles. The third kappa shape index (κ3) is 2.03. The van der Waals surface area contributed by atoms with Gasteiger partial charge in [0.2, 0.25) is 0 Å². The summed E-state index contributed by atoms with van der Waals surface area (Å²) in [6.45, 7) is 6.29. The van der Waals surface area contributed by atoms with E-state index in [1.165, 1.54) is 0 Å². The molecule has 1 aromatic rings. The lowest BCUT2D eigenvalue weighted by Gasteiger charge is -2.01. The first-order valence-corrected chi connectivity index (χ1v) is 3.96. The van der Waals surface area contributed by atoms with Gasteiger partial charge in [0.05, 0.1) is 0 Å². The van der Waals surface area contributed by atoms with Crippen LogP contribution in [-0.4, -0.2) is 14.8 Å². The second-order valence-corrected chi connectivity index (χ2v) is 3.30. The molecule has 0 N–H and O–H groups in total. The summed E-state index contributed by atoms with van der Waals surface area (Å²) in [6.07, 6.45) is 1.01. The highest BCUT2D eigenvalue weighted by Crippen LogP contribution is 2.03. The van der Waals surface area contributed by atoms with E-state index in [9.17, 15) is 0 Å². The number of aryl methyl sites for hydroxylation is 2. The minimum atomic E-state index is 0.650. The van der Waals surface area contributed by atoms with Gasteiger partial charge in [-0.3, -0.25) is 4.68 Å². The lowest BCUT2D eigenvalue weighted by Crippen LogP contribution is -2.03. The lowest BCUT2D eigenvalue weighted by atomic mass is 10.1. The Morgan fingerprint density at radius 1 is 1.45 bits per heavy atom. The summed E-state index contributed by atoms with van der Waals surface area (Å²) in [4.78, 5) is 4.30. The molecule has 0 unspecified atom stereocenters. The highest BCUT2D eigenvalue weighted by atomic mass is 15.3. The van der Waals surface area contributed by atoms with Crippen LogP contribution in [0.25, 0.3) is 0 Å². The Labute approximate surface area is 67.4 Å². The van der Waals surface area contributed by atoms with Crippen molar-refractivity contribution in [2.24, 2.45) is 13.0 Å². The van der Waals surface area contributed by atoms with Crippen molar-refractivity contribution in [1.82, 2.24) is 14.8 Å². The average Bonchev–Trinajstić information content (AvgIpc) is 2.09. The van der Waals surface area contributed by atoms with E-state index in [-0.39, 0.29) is 0 Å². The summed E-state index contributed by atoms with van der Waals surface area (Å²) in [5, 5.41) is 4.17. The SMILES string of the molecule is Cc1nc(CC(C)C)n(C)n1. The fourth-order valence-corrected chi connectivity index (χ4v) is 1.10. The molecule has 0 bridgehead atoms. The van der Waals surface area contributed by atoms with Crippen molar-refractivity contribution in [2.45, 2.75) is 27.2 Å². The molecule has 1 rings (SSSR count). The largest absolute Gasteiger partial charge is 0.253 e. The summed E-state index contributed by atoms with van der Waals surface area (Å²) in [7, 11) is 1.94. The summed E-state index contributed by atoms with van der Waals surface area (Å²) in [5.74, 6) is 2.60. The van der Waals surface area contributed by atoms with Gasteiger partial charge in [0, 0.05) is 13.5 Å². The number of rotatable bonds is 2. The summed E-state index contributed by atoms with van der Waals surface area (Å²) in [6, 6.07) is 0. The van der Waals surface area contributed by atoms with Crippen LogP contribution in [0.15, 0.2) is 0 Å². The second kappa shape index (κ2) is 3.03. The van der Waals surface area contributed by atoms with E-state index in [1.807, 2.05) is 18.7 Å². The smallest absolute Gasteiger partial charge is 0.147 e. The molecular weight excluding hydrogens is 138 g/mol. The molecule has 0 fully saturated rings. The Bertz CT molecular complexity index is 237. The summed E-state index contributed by atoms with van der Waals surface area (Å²) >= 11 is 0. The molecule has 3 heteroatoms. The van der Waals surface area contributed by atoms with E-state index >= 15 is 0 Å². The number of nitrogens with zero attached hydrogens (tertiary/aromatic N) is 3. The standard InChI is InChI=1S/C8H15N3/c1-6(2)5-8-9-7(3)10-11(8)4/h6H,5H2,1-4H3. The molecule has 1 heterocycles. The van der Waals surface area contributed by atoms with Crippen molar-refractivity contribution >= 4 is 0 Å². The third-order valence-electron chi connectivity index (χ3n) is 1.55. The maximum atomic E-state index is 4.30. The van der Waals surface area contributed by atoms with Gasteiger partial charge in [-0.2, -0.15) is 5.10 Å². The number of aromatic nitrogens is 3. The predicted octanol–water partition coefficient (Wildman–Crippen LogP) is 1.32. The van der Waals surface area contributed by atoms with E-state index < -0.39 is 0 Å². The Kier molecular flexibility index (Phi) is 2.27. The van der Waals surface area contributed by atoms with Crippen molar-refractivity contribution < 1.29 is 0 Å². The third-order valence-corrected chi connectivity index (χ3v) is 1.55. The Balaban J connectivity index is 2.77. The molecule has 1 aromatic heterocycles. The van der Waals surface area contributed by atoms with Gasteiger partial charge >= 0.3 is 0 Å². The van der Waals surface area contributed by atoms with E-state index in [0.29, 0.717) is 5.92 Å². The van der Waals surface area contributed by atoms with Crippen LogP contribution in [0.5, 0.6) is 0 Å². The molecular formula is C8H15N3. The number of hydrogen-bond donors (Lipinski definition) is 0. The fourth-order valence-electron chi connectivity index (χ4n) is 1.10. The van der Waals surface area contributed by atoms with Gasteiger partial charge in [-0.1, -0.05) is 13.8 Å². The topological polar surface area (TPSA) is 30.7 Å². The first-order chi connectivity index (χ1) is 5.09. The maximum absolute atomic E-state index is 4.30. The molecule has 0 amide bonds. The fraction of sp³-hybridized carbons (Fsp3) is 0.750. The van der Waals surface area contributed by atoms with E-state index in [1.54, 1.807) is 0 Å². The number of hydrogen-bond acceptors (Lipinski definition) is 2. The van der Waals surface area contributed by atoms with Gasteiger partial charge in [-0.25, -0.2) is 4.98 Å². The zero-order valence-electron chi connectivity index (χ0n) is 7.63. The van der Waals surface area contributed by atoms with Gasteiger partial charge < -0.3 is 0 Å². The molecule has 0 aliphatic rings. The van der Waals surface area contributed by atoms with Crippen molar-refractivity contribution in [3.63, 3.8) is 0 Å². The molecule has 0 saturated heterocycles. The molecule has 0 aromatic carbocycles. The molecule has 62 valence electrons. The van der Waals surface area contributed by atoms with Crippen LogP contribution >= 0.6 is 0 Å².